The van der Waals surface area contributed by atoms with Crippen LogP contribution in [-0.2, 0) is 0 Å². The molecule has 0 aliphatic carbocycles. The molecule has 0 saturated carbocycles. The van der Waals surface area contributed by atoms with Crippen LogP contribution in [0.2, 0.25) is 5.15 Å². The molecule has 1 aliphatic rings. The number of rotatable bonds is 4. The summed E-state index contributed by atoms with van der Waals surface area (Å²) < 4.78 is 0. The summed E-state index contributed by atoms with van der Waals surface area (Å²) in [7, 11) is 0. The highest BCUT2D eigenvalue weighted by Gasteiger charge is 2.19. The Morgan fingerprint density at radius 1 is 1.60 bits per heavy atom. The van der Waals surface area contributed by atoms with E-state index in [-0.39, 0.29) is 11.9 Å². The van der Waals surface area contributed by atoms with Crippen LogP contribution in [0.4, 0.5) is 0 Å². The lowest BCUT2D eigenvalue weighted by molar-refractivity contribution is 0.0919. The van der Waals surface area contributed by atoms with E-state index in [1.165, 1.54) is 19.0 Å². The Balaban J connectivity index is 1.83. The maximum atomic E-state index is 12.1. The first-order valence-electron chi connectivity index (χ1n) is 7.19. The molecule has 0 spiro atoms. The number of hydrogen-bond donors (Lipinski definition) is 1. The number of halogens is 1. The number of aromatic nitrogens is 1. The third-order valence-corrected chi connectivity index (χ3v) is 3.86. The number of carbonyl (C=O) groups is 1. The molecule has 110 valence electrons. The molecule has 0 radical (unpaired) electrons. The van der Waals surface area contributed by atoms with E-state index < -0.39 is 0 Å². The van der Waals surface area contributed by atoms with Gasteiger partial charge in [-0.1, -0.05) is 18.5 Å². The predicted molar refractivity (Wildman–Crippen MR) is 81.0 cm³/mol. The third kappa shape index (κ3) is 4.46. The number of carbonyl (C=O) groups excluding carboxylic acids is 1. The van der Waals surface area contributed by atoms with Crippen LogP contribution in [0.5, 0.6) is 0 Å². The molecule has 2 heterocycles. The first kappa shape index (κ1) is 15.3. The fourth-order valence-corrected chi connectivity index (χ4v) is 2.81. The van der Waals surface area contributed by atoms with E-state index in [1.807, 2.05) is 6.92 Å². The van der Waals surface area contributed by atoms with Crippen molar-refractivity contribution in [3.63, 3.8) is 0 Å². The Kier molecular flexibility index (Phi) is 5.38. The average Bonchev–Trinajstić information content (AvgIpc) is 2.39. The fourth-order valence-electron chi connectivity index (χ4n) is 2.70. The summed E-state index contributed by atoms with van der Waals surface area (Å²) in [6.07, 6.45) is 4.07. The van der Waals surface area contributed by atoms with Crippen molar-refractivity contribution in [2.24, 2.45) is 5.92 Å². The maximum Gasteiger partial charge on any atom is 0.253 e. The minimum Gasteiger partial charge on any atom is -0.348 e. The number of likely N-dealkylation sites (tertiary alicyclic amines) is 1. The van der Waals surface area contributed by atoms with E-state index >= 15 is 0 Å². The predicted octanol–water partition coefficient (Wildman–Crippen LogP) is 2.59. The fraction of sp³-hybridized carbons (Fsp3) is 0.600. The molecule has 1 amide bonds. The maximum absolute atomic E-state index is 12.1. The van der Waals surface area contributed by atoms with Crippen molar-refractivity contribution in [1.29, 1.82) is 0 Å². The Bertz CT molecular complexity index is 449. The zero-order valence-electron chi connectivity index (χ0n) is 12.1. The number of pyridine rings is 1. The van der Waals surface area contributed by atoms with Crippen LogP contribution in [0.1, 0.15) is 37.0 Å². The van der Waals surface area contributed by atoms with Gasteiger partial charge in [-0.25, -0.2) is 4.98 Å². The first-order chi connectivity index (χ1) is 9.54. The van der Waals surface area contributed by atoms with Crippen molar-refractivity contribution in [2.75, 3.05) is 19.6 Å². The highest BCUT2D eigenvalue weighted by molar-refractivity contribution is 6.29. The molecule has 0 unspecified atom stereocenters. The van der Waals surface area contributed by atoms with Gasteiger partial charge in [-0.15, -0.1) is 0 Å². The normalized spacial score (nSPS) is 21.4. The summed E-state index contributed by atoms with van der Waals surface area (Å²) in [5.41, 5.74) is 0.549. The number of amides is 1. The summed E-state index contributed by atoms with van der Waals surface area (Å²) in [5, 5.41) is 3.41. The van der Waals surface area contributed by atoms with E-state index in [0.717, 1.165) is 25.6 Å². The Morgan fingerprint density at radius 3 is 3.05 bits per heavy atom. The van der Waals surface area contributed by atoms with Crippen molar-refractivity contribution in [2.45, 2.75) is 32.7 Å². The van der Waals surface area contributed by atoms with Crippen molar-refractivity contribution in [3.05, 3.63) is 29.0 Å². The first-order valence-corrected chi connectivity index (χ1v) is 7.57. The lowest BCUT2D eigenvalue weighted by Crippen LogP contribution is -2.45. The van der Waals surface area contributed by atoms with E-state index in [9.17, 15) is 4.79 Å². The molecule has 2 rings (SSSR count). The highest BCUT2D eigenvalue weighted by Crippen LogP contribution is 2.15. The van der Waals surface area contributed by atoms with Crippen LogP contribution >= 0.6 is 11.6 Å². The van der Waals surface area contributed by atoms with Gasteiger partial charge in [-0.05, 0) is 44.4 Å². The standard InChI is InChI=1S/C15H22ClN3O/c1-11-4-3-7-19(9-11)10-12(2)18-15(20)13-5-6-14(16)17-8-13/h5-6,8,11-12H,3-4,7,9-10H2,1-2H3,(H,18,20)/t11-,12-/m0/s1. The number of nitrogens with one attached hydrogen (secondary N) is 1. The van der Waals surface area contributed by atoms with Crippen molar-refractivity contribution < 1.29 is 4.79 Å². The van der Waals surface area contributed by atoms with Gasteiger partial charge < -0.3 is 10.2 Å². The third-order valence-electron chi connectivity index (χ3n) is 3.64. The molecule has 1 N–H and O–H groups in total. The lowest BCUT2D eigenvalue weighted by atomic mass is 10.00. The molecular weight excluding hydrogens is 274 g/mol. The van der Waals surface area contributed by atoms with Crippen molar-refractivity contribution in [3.8, 4) is 0 Å². The SMILES string of the molecule is C[C@H]1CCCN(C[C@H](C)NC(=O)c2ccc(Cl)nc2)C1. The number of piperidine rings is 1. The Morgan fingerprint density at radius 2 is 2.40 bits per heavy atom. The van der Waals surface area contributed by atoms with Gasteiger partial charge in [0.25, 0.3) is 5.91 Å². The van der Waals surface area contributed by atoms with Crippen LogP contribution in [-0.4, -0.2) is 41.5 Å². The molecule has 1 fully saturated rings. The van der Waals surface area contributed by atoms with Crippen molar-refractivity contribution in [1.82, 2.24) is 15.2 Å². The van der Waals surface area contributed by atoms with E-state index in [4.69, 9.17) is 11.6 Å². The average molecular weight is 296 g/mol. The zero-order chi connectivity index (χ0) is 14.5. The molecular formula is C15H22ClN3O. The summed E-state index contributed by atoms with van der Waals surface area (Å²) in [6.45, 7) is 7.49. The topological polar surface area (TPSA) is 45.2 Å². The summed E-state index contributed by atoms with van der Waals surface area (Å²) in [5.74, 6) is 0.666. The summed E-state index contributed by atoms with van der Waals surface area (Å²) >= 11 is 5.72. The Labute approximate surface area is 125 Å². The van der Waals surface area contributed by atoms with Gasteiger partial charge in [-0.2, -0.15) is 0 Å². The van der Waals surface area contributed by atoms with Gasteiger partial charge in [0.2, 0.25) is 0 Å². The minimum absolute atomic E-state index is 0.0910. The minimum atomic E-state index is -0.0910. The quantitative estimate of drug-likeness (QED) is 0.869. The second kappa shape index (κ2) is 7.04. The van der Waals surface area contributed by atoms with Crippen LogP contribution in [0.15, 0.2) is 18.3 Å². The monoisotopic (exact) mass is 295 g/mol. The number of nitrogens with zero attached hydrogens (tertiary/aromatic N) is 2. The lowest BCUT2D eigenvalue weighted by Gasteiger charge is -2.32. The van der Waals surface area contributed by atoms with Gasteiger partial charge in [0.1, 0.15) is 5.15 Å². The molecule has 4 nitrogen and oxygen atoms in total. The van der Waals surface area contributed by atoms with Gasteiger partial charge in [-0.3, -0.25) is 4.79 Å². The molecule has 5 heteroatoms. The second-order valence-electron chi connectivity index (χ2n) is 5.75. The highest BCUT2D eigenvalue weighted by atomic mass is 35.5. The van der Waals surface area contributed by atoms with E-state index in [1.54, 1.807) is 12.1 Å². The van der Waals surface area contributed by atoms with Crippen LogP contribution < -0.4 is 5.32 Å². The largest absolute Gasteiger partial charge is 0.348 e. The van der Waals surface area contributed by atoms with Gasteiger partial charge in [0, 0.05) is 25.3 Å². The van der Waals surface area contributed by atoms with Gasteiger partial charge in [0.15, 0.2) is 0 Å². The molecule has 1 aromatic rings. The number of hydrogen-bond acceptors (Lipinski definition) is 3. The van der Waals surface area contributed by atoms with Gasteiger partial charge in [0.05, 0.1) is 5.56 Å². The molecule has 2 atom stereocenters. The summed E-state index contributed by atoms with van der Waals surface area (Å²) in [4.78, 5) is 18.4. The molecule has 0 bridgehead atoms. The van der Waals surface area contributed by atoms with Crippen LogP contribution in [0.3, 0.4) is 0 Å². The molecule has 1 aromatic heterocycles. The van der Waals surface area contributed by atoms with Crippen molar-refractivity contribution >= 4 is 17.5 Å². The van der Waals surface area contributed by atoms with E-state index in [2.05, 4.69) is 22.1 Å². The Hall–Kier alpha value is -1.13. The second-order valence-corrected chi connectivity index (χ2v) is 6.14. The summed E-state index contributed by atoms with van der Waals surface area (Å²) in [6, 6.07) is 3.46. The molecule has 1 aliphatic heterocycles. The van der Waals surface area contributed by atoms with E-state index in [0.29, 0.717) is 10.7 Å². The molecule has 0 aromatic carbocycles. The van der Waals surface area contributed by atoms with Crippen LogP contribution in [0.25, 0.3) is 0 Å². The van der Waals surface area contributed by atoms with Crippen LogP contribution in [0, 0.1) is 5.92 Å². The molecule has 20 heavy (non-hydrogen) atoms. The zero-order valence-corrected chi connectivity index (χ0v) is 12.9. The molecule has 1 saturated heterocycles. The smallest absolute Gasteiger partial charge is 0.253 e. The van der Waals surface area contributed by atoms with Gasteiger partial charge >= 0.3 is 0 Å².